The molecule has 2 fully saturated rings. The molecule has 0 bridgehead atoms. The Labute approximate surface area is 87.2 Å². The highest BCUT2D eigenvalue weighted by Gasteiger charge is 2.39. The zero-order valence-corrected chi connectivity index (χ0v) is 8.36. The molecule has 2 aliphatic rings. The highest BCUT2D eigenvalue weighted by molar-refractivity contribution is 5.78. The number of carbonyl (C=O) groups excluding carboxylic acids is 1. The Kier molecular flexibility index (Phi) is 2.52. The van der Waals surface area contributed by atoms with Gasteiger partial charge in [-0.1, -0.05) is 0 Å². The molecule has 0 atom stereocenters. The Morgan fingerprint density at radius 3 is 2.60 bits per heavy atom. The molecule has 0 aromatic rings. The predicted molar refractivity (Wildman–Crippen MR) is 50.5 cm³/mol. The number of carbonyl (C=O) groups is 2. The summed E-state index contributed by atoms with van der Waals surface area (Å²) in [6.45, 7) is 1.54. The normalized spacial score (nSPS) is 25.1. The third-order valence-electron chi connectivity index (χ3n) is 3.06. The van der Waals surface area contributed by atoms with Gasteiger partial charge >= 0.3 is 6.09 Å². The lowest BCUT2D eigenvalue weighted by Crippen LogP contribution is -2.57. The van der Waals surface area contributed by atoms with Crippen molar-refractivity contribution in [1.29, 1.82) is 0 Å². The number of ether oxygens (including phenoxy) is 1. The average Bonchev–Trinajstić information content (AvgIpc) is 2.24. The molecule has 6 nitrogen and oxygen atoms in total. The van der Waals surface area contributed by atoms with Gasteiger partial charge in [0.1, 0.15) is 6.61 Å². The smallest absolute Gasteiger partial charge is 0.407 e. The molecule has 0 radical (unpaired) electrons. The highest BCUT2D eigenvalue weighted by atomic mass is 16.5. The van der Waals surface area contributed by atoms with Crippen molar-refractivity contribution in [3.8, 4) is 0 Å². The third-order valence-corrected chi connectivity index (χ3v) is 3.06. The van der Waals surface area contributed by atoms with Crippen LogP contribution < -0.4 is 5.32 Å². The van der Waals surface area contributed by atoms with Crippen molar-refractivity contribution in [1.82, 2.24) is 10.2 Å². The fourth-order valence-electron chi connectivity index (χ4n) is 2.01. The number of hydrogen-bond acceptors (Lipinski definition) is 3. The van der Waals surface area contributed by atoms with Crippen LogP contribution in [0.4, 0.5) is 4.79 Å². The first kappa shape index (κ1) is 10.2. The first-order chi connectivity index (χ1) is 7.11. The van der Waals surface area contributed by atoms with E-state index >= 15 is 0 Å². The molecule has 6 heteroatoms. The number of nitrogens with one attached hydrogen (secondary N) is 1. The largest absolute Gasteiger partial charge is 0.465 e. The zero-order valence-electron chi connectivity index (χ0n) is 8.36. The maximum atomic E-state index is 10.9. The molecule has 0 unspecified atom stereocenters. The Morgan fingerprint density at radius 1 is 1.47 bits per heavy atom. The average molecular weight is 214 g/mol. The third kappa shape index (κ3) is 2.04. The first-order valence-electron chi connectivity index (χ1n) is 5.00. The Balaban J connectivity index is 1.92. The minimum Gasteiger partial charge on any atom is -0.465 e. The Bertz CT molecular complexity index is 272. The molecule has 84 valence electrons. The number of nitrogens with zero attached hydrogens (tertiary/aromatic N) is 1. The molecule has 2 heterocycles. The van der Waals surface area contributed by atoms with Crippen LogP contribution in [0.3, 0.4) is 0 Å². The quantitative estimate of drug-likeness (QED) is 0.577. The molecule has 0 saturated carbocycles. The van der Waals surface area contributed by atoms with Gasteiger partial charge < -0.3 is 20.1 Å². The van der Waals surface area contributed by atoms with E-state index in [1.54, 1.807) is 0 Å². The van der Waals surface area contributed by atoms with Gasteiger partial charge in [-0.25, -0.2) is 4.79 Å². The molecular weight excluding hydrogens is 200 g/mol. The van der Waals surface area contributed by atoms with Crippen LogP contribution in [0.5, 0.6) is 0 Å². The van der Waals surface area contributed by atoms with Crippen molar-refractivity contribution in [2.75, 3.05) is 26.2 Å². The van der Waals surface area contributed by atoms with Crippen molar-refractivity contribution < 1.29 is 19.4 Å². The summed E-state index contributed by atoms with van der Waals surface area (Å²) < 4.78 is 5.52. The van der Waals surface area contributed by atoms with Gasteiger partial charge in [0.25, 0.3) is 0 Å². The molecule has 2 saturated heterocycles. The number of piperidine rings is 1. The summed E-state index contributed by atoms with van der Waals surface area (Å²) in [6.07, 6.45) is 0.420. The number of rotatable bonds is 0. The monoisotopic (exact) mass is 214 g/mol. The van der Waals surface area contributed by atoms with Gasteiger partial charge in [-0.3, -0.25) is 4.79 Å². The molecule has 0 aromatic heterocycles. The molecule has 0 aromatic carbocycles. The zero-order chi connectivity index (χ0) is 10.9. The maximum Gasteiger partial charge on any atom is 0.407 e. The van der Waals surface area contributed by atoms with E-state index in [-0.39, 0.29) is 18.1 Å². The molecule has 2 rings (SSSR count). The topological polar surface area (TPSA) is 78.9 Å². The van der Waals surface area contributed by atoms with Gasteiger partial charge in [0.05, 0.1) is 5.60 Å². The highest BCUT2D eigenvalue weighted by Crippen LogP contribution is 2.27. The molecule has 1 spiro atoms. The van der Waals surface area contributed by atoms with Crippen LogP contribution in [-0.4, -0.2) is 53.8 Å². The number of likely N-dealkylation sites (tertiary alicyclic amines) is 1. The fourth-order valence-corrected chi connectivity index (χ4v) is 2.01. The standard InChI is InChI=1S/C9H14N2O4/c12-7-5-15-9(6-10-7)1-3-11(4-2-9)8(13)14/h1-6H2,(H,10,12)(H,13,14). The second kappa shape index (κ2) is 3.69. The van der Waals surface area contributed by atoms with Crippen LogP contribution in [-0.2, 0) is 9.53 Å². The van der Waals surface area contributed by atoms with Crippen molar-refractivity contribution in [2.24, 2.45) is 0 Å². The van der Waals surface area contributed by atoms with E-state index in [2.05, 4.69) is 5.32 Å². The minimum atomic E-state index is -0.885. The molecular formula is C9H14N2O4. The SMILES string of the molecule is O=C1COC2(CCN(C(=O)O)CC2)CN1. The van der Waals surface area contributed by atoms with Crippen molar-refractivity contribution in [3.05, 3.63) is 0 Å². The number of amides is 2. The Hall–Kier alpha value is -1.30. The van der Waals surface area contributed by atoms with Crippen LogP contribution >= 0.6 is 0 Å². The first-order valence-corrected chi connectivity index (χ1v) is 5.00. The van der Waals surface area contributed by atoms with E-state index in [9.17, 15) is 9.59 Å². The van der Waals surface area contributed by atoms with Gasteiger partial charge in [-0.05, 0) is 12.8 Å². The van der Waals surface area contributed by atoms with Gasteiger partial charge in [0.15, 0.2) is 0 Å². The summed E-state index contributed by atoms with van der Waals surface area (Å²) in [5, 5.41) is 11.5. The van der Waals surface area contributed by atoms with E-state index in [0.29, 0.717) is 32.5 Å². The minimum absolute atomic E-state index is 0.0903. The van der Waals surface area contributed by atoms with Gasteiger partial charge in [0.2, 0.25) is 5.91 Å². The number of morpholine rings is 1. The predicted octanol–water partition coefficient (Wildman–Crippen LogP) is -0.355. The summed E-state index contributed by atoms with van der Waals surface area (Å²) in [7, 11) is 0. The van der Waals surface area contributed by atoms with E-state index in [1.807, 2.05) is 0 Å². The van der Waals surface area contributed by atoms with E-state index in [0.717, 1.165) is 0 Å². The number of carboxylic acid groups (broad SMARTS) is 1. The molecule has 15 heavy (non-hydrogen) atoms. The van der Waals surface area contributed by atoms with Crippen LogP contribution in [0, 0.1) is 0 Å². The van der Waals surface area contributed by atoms with E-state index in [1.165, 1.54) is 4.90 Å². The molecule has 2 N–H and O–H groups in total. The lowest BCUT2D eigenvalue weighted by atomic mass is 9.90. The molecule has 2 aliphatic heterocycles. The van der Waals surface area contributed by atoms with Crippen LogP contribution in [0.1, 0.15) is 12.8 Å². The van der Waals surface area contributed by atoms with Crippen LogP contribution in [0.15, 0.2) is 0 Å². The summed E-state index contributed by atoms with van der Waals surface area (Å²) in [4.78, 5) is 23.0. The lowest BCUT2D eigenvalue weighted by molar-refractivity contribution is -0.149. The second-order valence-corrected chi connectivity index (χ2v) is 4.02. The van der Waals surface area contributed by atoms with Crippen molar-refractivity contribution >= 4 is 12.0 Å². The van der Waals surface area contributed by atoms with Gasteiger partial charge in [-0.15, -0.1) is 0 Å². The summed E-state index contributed by atoms with van der Waals surface area (Å²) in [5.41, 5.74) is -0.333. The van der Waals surface area contributed by atoms with E-state index < -0.39 is 6.09 Å². The van der Waals surface area contributed by atoms with Crippen molar-refractivity contribution in [2.45, 2.75) is 18.4 Å². The maximum absolute atomic E-state index is 10.9. The van der Waals surface area contributed by atoms with Gasteiger partial charge in [-0.2, -0.15) is 0 Å². The van der Waals surface area contributed by atoms with Crippen molar-refractivity contribution in [3.63, 3.8) is 0 Å². The van der Waals surface area contributed by atoms with E-state index in [4.69, 9.17) is 9.84 Å². The Morgan fingerprint density at radius 2 is 2.13 bits per heavy atom. The summed E-state index contributed by atoms with van der Waals surface area (Å²) in [6, 6.07) is 0. The molecule has 2 amide bonds. The fraction of sp³-hybridized carbons (Fsp3) is 0.778. The summed E-state index contributed by atoms with van der Waals surface area (Å²) >= 11 is 0. The van der Waals surface area contributed by atoms with Crippen LogP contribution in [0.25, 0.3) is 0 Å². The van der Waals surface area contributed by atoms with Gasteiger partial charge in [0, 0.05) is 19.6 Å². The van der Waals surface area contributed by atoms with Crippen LogP contribution in [0.2, 0.25) is 0 Å². The number of hydrogen-bond donors (Lipinski definition) is 2. The second-order valence-electron chi connectivity index (χ2n) is 4.02. The lowest BCUT2D eigenvalue weighted by Gasteiger charge is -2.42. The summed E-state index contributed by atoms with van der Waals surface area (Å²) in [5.74, 6) is -0.0960. The molecule has 0 aliphatic carbocycles.